The van der Waals surface area contributed by atoms with Crippen LogP contribution in [0.25, 0.3) is 11.0 Å². The summed E-state index contributed by atoms with van der Waals surface area (Å²) in [5.74, 6) is 1.23. The van der Waals surface area contributed by atoms with Crippen LogP contribution in [0.3, 0.4) is 0 Å². The predicted octanol–water partition coefficient (Wildman–Crippen LogP) is 5.37. The number of piperidine rings is 1. The molecule has 1 N–H and O–H groups in total. The van der Waals surface area contributed by atoms with Gasteiger partial charge in [-0.25, -0.2) is 4.98 Å². The van der Waals surface area contributed by atoms with Gasteiger partial charge in [0, 0.05) is 25.6 Å². The lowest BCUT2D eigenvalue weighted by Gasteiger charge is -2.33. The summed E-state index contributed by atoms with van der Waals surface area (Å²) >= 11 is 0. The van der Waals surface area contributed by atoms with Gasteiger partial charge in [-0.15, -0.1) is 0 Å². The first-order valence-corrected chi connectivity index (χ1v) is 12.3. The molecule has 1 amide bonds. The van der Waals surface area contributed by atoms with Crippen molar-refractivity contribution in [3.8, 4) is 0 Å². The molecule has 174 valence electrons. The Balaban J connectivity index is 1.26. The van der Waals surface area contributed by atoms with Crippen molar-refractivity contribution < 1.29 is 4.79 Å². The number of aromatic nitrogens is 2. The Morgan fingerprint density at radius 1 is 0.941 bits per heavy atom. The van der Waals surface area contributed by atoms with Crippen LogP contribution in [0.5, 0.6) is 0 Å². The lowest BCUT2D eigenvalue weighted by Crippen LogP contribution is -2.42. The summed E-state index contributed by atoms with van der Waals surface area (Å²) in [6, 6.07) is 29.2. The van der Waals surface area contributed by atoms with Crippen molar-refractivity contribution in [2.45, 2.75) is 38.8 Å². The van der Waals surface area contributed by atoms with Gasteiger partial charge in [0.25, 0.3) is 0 Å². The van der Waals surface area contributed by atoms with Gasteiger partial charge in [0.05, 0.1) is 17.1 Å². The molecular formula is C29H32N4O. The molecule has 1 atom stereocenters. The molecule has 0 spiro atoms. The Morgan fingerprint density at radius 2 is 1.59 bits per heavy atom. The van der Waals surface area contributed by atoms with E-state index in [1.807, 2.05) is 24.3 Å². The van der Waals surface area contributed by atoms with Crippen molar-refractivity contribution in [2.75, 3.05) is 18.0 Å². The van der Waals surface area contributed by atoms with E-state index in [0.717, 1.165) is 55.9 Å². The zero-order valence-electron chi connectivity index (χ0n) is 19.7. The lowest BCUT2D eigenvalue weighted by atomic mass is 9.95. The van der Waals surface area contributed by atoms with E-state index < -0.39 is 0 Å². The van der Waals surface area contributed by atoms with Crippen LogP contribution in [0.4, 0.5) is 5.95 Å². The summed E-state index contributed by atoms with van der Waals surface area (Å²) in [4.78, 5) is 20.3. The van der Waals surface area contributed by atoms with E-state index in [4.69, 9.17) is 4.98 Å². The molecule has 1 fully saturated rings. The number of carbonyl (C=O) groups excluding carboxylic acids is 1. The van der Waals surface area contributed by atoms with Gasteiger partial charge in [0.2, 0.25) is 11.9 Å². The average molecular weight is 453 g/mol. The van der Waals surface area contributed by atoms with E-state index in [0.29, 0.717) is 0 Å². The number of nitrogens with zero attached hydrogens (tertiary/aromatic N) is 3. The number of fused-ring (bicyclic) bond motifs is 1. The van der Waals surface area contributed by atoms with Crippen molar-refractivity contribution in [3.05, 3.63) is 96.1 Å². The fraction of sp³-hybridized carbons (Fsp3) is 0.310. The van der Waals surface area contributed by atoms with Gasteiger partial charge in [-0.05, 0) is 49.4 Å². The summed E-state index contributed by atoms with van der Waals surface area (Å²) in [5.41, 5.74) is 4.67. The van der Waals surface area contributed by atoms with Gasteiger partial charge in [-0.2, -0.15) is 0 Å². The maximum atomic E-state index is 12.9. The predicted molar refractivity (Wildman–Crippen MR) is 138 cm³/mol. The third-order valence-electron chi connectivity index (χ3n) is 6.91. The molecule has 1 unspecified atom stereocenters. The second kappa shape index (κ2) is 10.1. The molecule has 1 aliphatic heterocycles. The smallest absolute Gasteiger partial charge is 0.223 e. The molecule has 5 rings (SSSR count). The molecule has 4 aromatic rings. The zero-order chi connectivity index (χ0) is 23.3. The maximum Gasteiger partial charge on any atom is 0.223 e. The Morgan fingerprint density at radius 3 is 2.32 bits per heavy atom. The second-order valence-electron chi connectivity index (χ2n) is 9.19. The number of anilines is 1. The summed E-state index contributed by atoms with van der Waals surface area (Å²) in [6.45, 7) is 4.62. The minimum Gasteiger partial charge on any atom is -0.349 e. The Labute approximate surface area is 201 Å². The maximum absolute atomic E-state index is 12.9. The molecule has 5 heteroatoms. The zero-order valence-corrected chi connectivity index (χ0v) is 19.7. The van der Waals surface area contributed by atoms with Gasteiger partial charge in [-0.3, -0.25) is 4.79 Å². The van der Waals surface area contributed by atoms with Crippen molar-refractivity contribution in [3.63, 3.8) is 0 Å². The van der Waals surface area contributed by atoms with Crippen molar-refractivity contribution in [1.82, 2.24) is 14.9 Å². The third-order valence-corrected chi connectivity index (χ3v) is 6.91. The molecule has 0 saturated carbocycles. The monoisotopic (exact) mass is 452 g/mol. The van der Waals surface area contributed by atoms with Crippen molar-refractivity contribution in [1.29, 1.82) is 0 Å². The van der Waals surface area contributed by atoms with E-state index in [-0.39, 0.29) is 17.9 Å². The number of amides is 1. The Hall–Kier alpha value is -3.60. The number of carbonyl (C=O) groups is 1. The topological polar surface area (TPSA) is 50.2 Å². The van der Waals surface area contributed by atoms with E-state index in [1.165, 1.54) is 11.1 Å². The number of hydrogen-bond donors (Lipinski definition) is 1. The summed E-state index contributed by atoms with van der Waals surface area (Å²) in [5, 5.41) is 3.21. The number of rotatable bonds is 7. The number of para-hydroxylation sites is 2. The quantitative estimate of drug-likeness (QED) is 0.410. The van der Waals surface area contributed by atoms with Crippen LogP contribution in [0.15, 0.2) is 84.9 Å². The summed E-state index contributed by atoms with van der Waals surface area (Å²) in [6.07, 6.45) is 2.65. The summed E-state index contributed by atoms with van der Waals surface area (Å²) in [7, 11) is 0. The molecule has 5 nitrogen and oxygen atoms in total. The van der Waals surface area contributed by atoms with Gasteiger partial charge < -0.3 is 14.8 Å². The lowest BCUT2D eigenvalue weighted by molar-refractivity contribution is -0.126. The molecule has 2 heterocycles. The highest BCUT2D eigenvalue weighted by Crippen LogP contribution is 2.28. The molecule has 1 aromatic heterocycles. The van der Waals surface area contributed by atoms with Gasteiger partial charge in [0.15, 0.2) is 0 Å². The number of aryl methyl sites for hydroxylation is 2. The van der Waals surface area contributed by atoms with Crippen LogP contribution >= 0.6 is 0 Å². The van der Waals surface area contributed by atoms with Gasteiger partial charge >= 0.3 is 0 Å². The number of benzene rings is 3. The van der Waals surface area contributed by atoms with Crippen molar-refractivity contribution in [2.24, 2.45) is 5.92 Å². The minimum absolute atomic E-state index is 0.0221. The average Bonchev–Trinajstić information content (AvgIpc) is 3.27. The molecular weight excluding hydrogens is 420 g/mol. The minimum atomic E-state index is 0.0221. The number of imidazole rings is 1. The molecule has 34 heavy (non-hydrogen) atoms. The first-order chi connectivity index (χ1) is 16.7. The Kier molecular flexibility index (Phi) is 6.61. The van der Waals surface area contributed by atoms with Crippen LogP contribution < -0.4 is 10.2 Å². The molecule has 3 aromatic carbocycles. The summed E-state index contributed by atoms with van der Waals surface area (Å²) < 4.78 is 2.35. The second-order valence-corrected chi connectivity index (χ2v) is 9.19. The highest BCUT2D eigenvalue weighted by molar-refractivity contribution is 5.80. The number of hydrogen-bond acceptors (Lipinski definition) is 3. The van der Waals surface area contributed by atoms with E-state index in [2.05, 4.69) is 82.4 Å². The van der Waals surface area contributed by atoms with Crippen LogP contribution in [0.1, 0.15) is 36.9 Å². The largest absolute Gasteiger partial charge is 0.349 e. The fourth-order valence-electron chi connectivity index (χ4n) is 4.91. The molecule has 0 aliphatic carbocycles. The third kappa shape index (κ3) is 4.84. The van der Waals surface area contributed by atoms with Gasteiger partial charge in [-0.1, -0.05) is 72.8 Å². The van der Waals surface area contributed by atoms with Crippen molar-refractivity contribution >= 4 is 22.9 Å². The molecule has 1 aliphatic rings. The normalized spacial score (nSPS) is 15.4. The van der Waals surface area contributed by atoms with Crippen LogP contribution in [0, 0.1) is 5.92 Å². The Bertz CT molecular complexity index is 1230. The van der Waals surface area contributed by atoms with E-state index in [1.54, 1.807) is 0 Å². The first kappa shape index (κ1) is 22.2. The van der Waals surface area contributed by atoms with Crippen LogP contribution in [-0.2, 0) is 17.8 Å². The molecule has 0 radical (unpaired) electrons. The molecule has 1 saturated heterocycles. The standard InChI is InChI=1S/C29H32N4O/c1-22(24-12-6-3-7-13-24)30-28(34)25-17-19-32(20-18-25)29-31-26-14-8-9-15-27(26)33(29)21-16-23-10-4-2-5-11-23/h2-15,22,25H,16-21H2,1H3,(H,30,34). The van der Waals surface area contributed by atoms with Gasteiger partial charge in [0.1, 0.15) is 0 Å². The first-order valence-electron chi connectivity index (χ1n) is 12.3. The molecule has 0 bridgehead atoms. The van der Waals surface area contributed by atoms with E-state index in [9.17, 15) is 4.79 Å². The SMILES string of the molecule is CC(NC(=O)C1CCN(c2nc3ccccc3n2CCc2ccccc2)CC1)c1ccccc1. The number of nitrogens with one attached hydrogen (secondary N) is 1. The van der Waals surface area contributed by atoms with Crippen LogP contribution in [0.2, 0.25) is 0 Å². The highest BCUT2D eigenvalue weighted by Gasteiger charge is 2.28. The van der Waals surface area contributed by atoms with E-state index >= 15 is 0 Å². The highest BCUT2D eigenvalue weighted by atomic mass is 16.1. The van der Waals surface area contributed by atoms with Crippen LogP contribution in [-0.4, -0.2) is 28.5 Å². The fourth-order valence-corrected chi connectivity index (χ4v) is 4.91.